The van der Waals surface area contributed by atoms with Gasteiger partial charge in [-0.2, -0.15) is 0 Å². The highest BCUT2D eigenvalue weighted by atomic mass is 16.5. The van der Waals surface area contributed by atoms with Crippen LogP contribution in [0, 0.1) is 0 Å². The van der Waals surface area contributed by atoms with E-state index in [-0.39, 0.29) is 12.1 Å². The monoisotopic (exact) mass is 253 g/mol. The van der Waals surface area contributed by atoms with E-state index in [1.165, 1.54) is 22.3 Å². The topological polar surface area (TPSA) is 35.2 Å². The molecule has 0 aromatic heterocycles. The number of rotatable bonds is 2. The summed E-state index contributed by atoms with van der Waals surface area (Å²) in [6.07, 6.45) is 1.28. The van der Waals surface area contributed by atoms with Gasteiger partial charge in [-0.15, -0.1) is 0 Å². The average molecular weight is 253 g/mol. The van der Waals surface area contributed by atoms with Crippen molar-refractivity contribution in [2.24, 2.45) is 5.73 Å². The fourth-order valence-electron chi connectivity index (χ4n) is 2.75. The average Bonchev–Trinajstić information content (AvgIpc) is 2.77. The fraction of sp³-hybridized carbons (Fsp3) is 0.294. The van der Waals surface area contributed by atoms with Crippen molar-refractivity contribution in [3.63, 3.8) is 0 Å². The summed E-state index contributed by atoms with van der Waals surface area (Å²) in [5, 5.41) is 0. The van der Waals surface area contributed by atoms with Crippen LogP contribution in [0.25, 0.3) is 11.1 Å². The van der Waals surface area contributed by atoms with Crippen molar-refractivity contribution < 1.29 is 4.74 Å². The van der Waals surface area contributed by atoms with E-state index in [1.54, 1.807) is 0 Å². The zero-order valence-corrected chi connectivity index (χ0v) is 11.4. The molecule has 2 aromatic rings. The number of hydrogen-bond acceptors (Lipinski definition) is 2. The number of fused-ring (bicyclic) bond motifs is 1. The van der Waals surface area contributed by atoms with Gasteiger partial charge in [0.1, 0.15) is 11.9 Å². The Labute approximate surface area is 114 Å². The minimum Gasteiger partial charge on any atom is -0.490 e. The van der Waals surface area contributed by atoms with Crippen molar-refractivity contribution in [1.82, 2.24) is 0 Å². The van der Waals surface area contributed by atoms with Gasteiger partial charge in [-0.25, -0.2) is 0 Å². The summed E-state index contributed by atoms with van der Waals surface area (Å²) in [6.45, 7) is 4.13. The second-order valence-electron chi connectivity index (χ2n) is 5.33. The third-order valence-electron chi connectivity index (χ3n) is 3.66. The molecule has 0 fully saturated rings. The van der Waals surface area contributed by atoms with Crippen LogP contribution >= 0.6 is 0 Å². The molecule has 98 valence electrons. The number of ether oxygens (including phenoxy) is 1. The summed E-state index contributed by atoms with van der Waals surface area (Å²) in [5.41, 5.74) is 11.0. The summed E-state index contributed by atoms with van der Waals surface area (Å²) in [7, 11) is 0. The largest absolute Gasteiger partial charge is 0.490 e. The summed E-state index contributed by atoms with van der Waals surface area (Å²) in [5.74, 6) is 1.02. The van der Waals surface area contributed by atoms with E-state index < -0.39 is 0 Å². The lowest BCUT2D eigenvalue weighted by atomic mass is 9.94. The Balaban J connectivity index is 2.07. The number of hydrogen-bond donors (Lipinski definition) is 1. The molecule has 2 aromatic carbocycles. The lowest BCUT2D eigenvalue weighted by molar-refractivity contribution is 0.254. The minimum atomic E-state index is 0.0413. The molecule has 19 heavy (non-hydrogen) atoms. The first kappa shape index (κ1) is 12.2. The van der Waals surface area contributed by atoms with Crippen molar-refractivity contribution in [3.05, 3.63) is 53.6 Å². The first-order chi connectivity index (χ1) is 9.15. The molecule has 2 nitrogen and oxygen atoms in total. The molecular weight excluding hydrogens is 234 g/mol. The predicted octanol–water partition coefficient (Wildman–Crippen LogP) is 3.70. The summed E-state index contributed by atoms with van der Waals surface area (Å²) in [6, 6.07) is 14.8. The summed E-state index contributed by atoms with van der Waals surface area (Å²) in [4.78, 5) is 0. The fourth-order valence-corrected chi connectivity index (χ4v) is 2.75. The number of benzene rings is 2. The summed E-state index contributed by atoms with van der Waals surface area (Å²) >= 11 is 0. The highest BCUT2D eigenvalue weighted by molar-refractivity contribution is 5.70. The van der Waals surface area contributed by atoms with Gasteiger partial charge in [0.25, 0.3) is 0 Å². The molecule has 0 amide bonds. The minimum absolute atomic E-state index is 0.0413. The van der Waals surface area contributed by atoms with E-state index in [9.17, 15) is 0 Å². The second-order valence-corrected chi connectivity index (χ2v) is 5.33. The summed E-state index contributed by atoms with van der Waals surface area (Å²) < 4.78 is 5.75. The lowest BCUT2D eigenvalue weighted by Crippen LogP contribution is -2.06. The van der Waals surface area contributed by atoms with Crippen LogP contribution in [0.2, 0.25) is 0 Å². The van der Waals surface area contributed by atoms with E-state index in [0.717, 1.165) is 12.2 Å². The van der Waals surface area contributed by atoms with Gasteiger partial charge in [0.05, 0.1) is 0 Å². The molecule has 0 radical (unpaired) electrons. The molecule has 2 unspecified atom stereocenters. The Morgan fingerprint density at radius 1 is 1.21 bits per heavy atom. The van der Waals surface area contributed by atoms with Gasteiger partial charge in [0, 0.05) is 12.5 Å². The Morgan fingerprint density at radius 2 is 2.00 bits per heavy atom. The second kappa shape index (κ2) is 4.71. The van der Waals surface area contributed by atoms with Crippen LogP contribution in [0.5, 0.6) is 5.75 Å². The molecular formula is C17H19NO. The van der Waals surface area contributed by atoms with Crippen LogP contribution in [0.15, 0.2) is 42.5 Å². The van der Waals surface area contributed by atoms with Crippen molar-refractivity contribution in [2.45, 2.75) is 32.4 Å². The maximum Gasteiger partial charge on any atom is 0.123 e. The van der Waals surface area contributed by atoms with E-state index in [4.69, 9.17) is 10.5 Å². The van der Waals surface area contributed by atoms with Crippen LogP contribution < -0.4 is 10.5 Å². The molecule has 1 heterocycles. The van der Waals surface area contributed by atoms with Crippen LogP contribution in [-0.2, 0) is 6.42 Å². The van der Waals surface area contributed by atoms with Crippen molar-refractivity contribution in [1.29, 1.82) is 0 Å². The standard InChI is InChI=1S/C17H19NO/c1-11-9-14-10-13(7-8-17(14)19-11)16-6-4-3-5-15(16)12(2)18/h3-8,10-12H,9,18H2,1-2H3. The molecule has 2 heteroatoms. The van der Waals surface area contributed by atoms with Gasteiger partial charge in [-0.05, 0) is 48.2 Å². The molecule has 0 spiro atoms. The molecule has 0 saturated heterocycles. The zero-order valence-electron chi connectivity index (χ0n) is 11.4. The van der Waals surface area contributed by atoms with E-state index in [2.05, 4.69) is 43.3 Å². The molecule has 0 saturated carbocycles. The third-order valence-corrected chi connectivity index (χ3v) is 3.66. The first-order valence-electron chi connectivity index (χ1n) is 6.79. The van der Waals surface area contributed by atoms with Gasteiger partial charge >= 0.3 is 0 Å². The first-order valence-corrected chi connectivity index (χ1v) is 6.79. The molecule has 2 N–H and O–H groups in total. The Kier molecular flexibility index (Phi) is 3.03. The van der Waals surface area contributed by atoms with Crippen molar-refractivity contribution in [3.8, 4) is 16.9 Å². The predicted molar refractivity (Wildman–Crippen MR) is 78.3 cm³/mol. The Hall–Kier alpha value is -1.80. The quantitative estimate of drug-likeness (QED) is 0.885. The van der Waals surface area contributed by atoms with Gasteiger partial charge in [-0.3, -0.25) is 0 Å². The van der Waals surface area contributed by atoms with Gasteiger partial charge in [0.2, 0.25) is 0 Å². The molecule has 0 bridgehead atoms. The lowest BCUT2D eigenvalue weighted by Gasteiger charge is -2.13. The normalized spacial score (nSPS) is 18.8. The SMILES string of the molecule is CC1Cc2cc(-c3ccccc3C(C)N)ccc2O1. The van der Waals surface area contributed by atoms with Gasteiger partial charge in [0.15, 0.2) is 0 Å². The highest BCUT2D eigenvalue weighted by Gasteiger charge is 2.19. The van der Waals surface area contributed by atoms with Crippen molar-refractivity contribution >= 4 is 0 Å². The van der Waals surface area contributed by atoms with Crippen LogP contribution in [-0.4, -0.2) is 6.10 Å². The smallest absolute Gasteiger partial charge is 0.123 e. The third kappa shape index (κ3) is 2.24. The number of nitrogens with two attached hydrogens (primary N) is 1. The maximum atomic E-state index is 6.06. The maximum absolute atomic E-state index is 6.06. The van der Waals surface area contributed by atoms with Gasteiger partial charge in [-0.1, -0.05) is 30.3 Å². The Morgan fingerprint density at radius 3 is 2.79 bits per heavy atom. The molecule has 3 rings (SSSR count). The van der Waals surface area contributed by atoms with Gasteiger partial charge < -0.3 is 10.5 Å². The molecule has 1 aliphatic rings. The highest BCUT2D eigenvalue weighted by Crippen LogP contribution is 2.34. The zero-order chi connectivity index (χ0) is 13.4. The van der Waals surface area contributed by atoms with Crippen LogP contribution in [0.3, 0.4) is 0 Å². The van der Waals surface area contributed by atoms with E-state index in [0.29, 0.717) is 0 Å². The van der Waals surface area contributed by atoms with E-state index in [1.807, 2.05) is 13.0 Å². The van der Waals surface area contributed by atoms with Crippen molar-refractivity contribution in [2.75, 3.05) is 0 Å². The molecule has 1 aliphatic heterocycles. The van der Waals surface area contributed by atoms with E-state index >= 15 is 0 Å². The molecule has 0 aliphatic carbocycles. The van der Waals surface area contributed by atoms with Crippen LogP contribution in [0.1, 0.15) is 31.0 Å². The van der Waals surface area contributed by atoms with Crippen LogP contribution in [0.4, 0.5) is 0 Å². The molecule has 2 atom stereocenters. The Bertz CT molecular complexity index is 604.